The summed E-state index contributed by atoms with van der Waals surface area (Å²) in [4.78, 5) is 8.63. The highest BCUT2D eigenvalue weighted by molar-refractivity contribution is 5.38. The fourth-order valence-corrected chi connectivity index (χ4v) is 1.76. The Kier molecular flexibility index (Phi) is 6.47. The molecule has 0 aromatic carbocycles. The Hall–Kier alpha value is -1.32. The molecule has 0 aliphatic carbocycles. The molecule has 0 saturated heterocycles. The average molecular weight is 251 g/mol. The molecule has 1 heterocycles. The molecule has 0 aliphatic rings. The fraction of sp³-hybridized carbons (Fsp3) is 0.714. The van der Waals surface area contributed by atoms with Crippen LogP contribution in [0.2, 0.25) is 0 Å². The Balaban J connectivity index is 2.56. The summed E-state index contributed by atoms with van der Waals surface area (Å²) in [6.07, 6.45) is 3.45. The summed E-state index contributed by atoms with van der Waals surface area (Å²) >= 11 is 0. The van der Waals surface area contributed by atoms with Crippen LogP contribution in [0, 0.1) is 12.8 Å². The number of hydrogen-bond donors (Lipinski definition) is 1. The van der Waals surface area contributed by atoms with Crippen LogP contribution < -0.4 is 10.1 Å². The largest absolute Gasteiger partial charge is 0.477 e. The Labute approximate surface area is 110 Å². The first kappa shape index (κ1) is 14.7. The van der Waals surface area contributed by atoms with Crippen molar-refractivity contribution < 1.29 is 4.74 Å². The molecule has 0 radical (unpaired) electrons. The minimum Gasteiger partial charge on any atom is -0.477 e. The average Bonchev–Trinajstić information content (AvgIpc) is 2.34. The zero-order valence-corrected chi connectivity index (χ0v) is 12.0. The lowest BCUT2D eigenvalue weighted by atomic mass is 10.1. The van der Waals surface area contributed by atoms with Gasteiger partial charge in [0.1, 0.15) is 11.6 Å². The molecule has 102 valence electrons. The molecule has 1 aromatic heterocycles. The lowest BCUT2D eigenvalue weighted by Gasteiger charge is -2.12. The first-order valence-corrected chi connectivity index (χ1v) is 6.88. The highest BCUT2D eigenvalue weighted by Gasteiger charge is 2.05. The first-order valence-electron chi connectivity index (χ1n) is 6.88. The van der Waals surface area contributed by atoms with Gasteiger partial charge in [0.2, 0.25) is 5.88 Å². The third-order valence-electron chi connectivity index (χ3n) is 2.67. The van der Waals surface area contributed by atoms with Gasteiger partial charge in [-0.2, -0.15) is 4.98 Å². The molecule has 1 rings (SSSR count). The fourth-order valence-electron chi connectivity index (χ4n) is 1.76. The second-order valence-electron chi connectivity index (χ2n) is 4.77. The van der Waals surface area contributed by atoms with Crippen LogP contribution in [0.4, 0.5) is 5.82 Å². The summed E-state index contributed by atoms with van der Waals surface area (Å²) in [5, 5.41) is 3.26. The number of ether oxygens (including phenoxy) is 1. The number of anilines is 1. The maximum atomic E-state index is 5.73. The van der Waals surface area contributed by atoms with Crippen LogP contribution in [-0.4, -0.2) is 23.1 Å². The van der Waals surface area contributed by atoms with E-state index in [9.17, 15) is 0 Å². The lowest BCUT2D eigenvalue weighted by Crippen LogP contribution is -2.10. The van der Waals surface area contributed by atoms with Gasteiger partial charge in [0.15, 0.2) is 0 Å². The van der Waals surface area contributed by atoms with Gasteiger partial charge < -0.3 is 10.1 Å². The van der Waals surface area contributed by atoms with Crippen molar-refractivity contribution in [1.82, 2.24) is 9.97 Å². The van der Waals surface area contributed by atoms with Crippen molar-refractivity contribution in [3.8, 4) is 5.88 Å². The van der Waals surface area contributed by atoms with E-state index in [1.165, 1.54) is 12.8 Å². The van der Waals surface area contributed by atoms with Crippen LogP contribution >= 0.6 is 0 Å². The molecule has 0 amide bonds. The molecule has 1 unspecified atom stereocenters. The number of hydrogen-bond acceptors (Lipinski definition) is 4. The zero-order chi connectivity index (χ0) is 13.4. The smallest absolute Gasteiger partial charge is 0.218 e. The second kappa shape index (κ2) is 7.90. The summed E-state index contributed by atoms with van der Waals surface area (Å²) in [6.45, 7) is 10.1. The number of aryl methyl sites for hydroxylation is 1. The van der Waals surface area contributed by atoms with Crippen LogP contribution in [0.3, 0.4) is 0 Å². The Morgan fingerprint density at radius 2 is 2.06 bits per heavy atom. The van der Waals surface area contributed by atoms with Gasteiger partial charge in [-0.05, 0) is 25.7 Å². The van der Waals surface area contributed by atoms with Gasteiger partial charge in [-0.25, -0.2) is 4.98 Å². The van der Waals surface area contributed by atoms with Gasteiger partial charge in [-0.3, -0.25) is 0 Å². The molecule has 1 N–H and O–H groups in total. The van der Waals surface area contributed by atoms with Gasteiger partial charge in [-0.15, -0.1) is 0 Å². The molecule has 0 spiro atoms. The summed E-state index contributed by atoms with van der Waals surface area (Å²) in [5.74, 6) is 2.83. The number of nitrogens with one attached hydrogen (secondary N) is 1. The quantitative estimate of drug-likeness (QED) is 0.769. The summed E-state index contributed by atoms with van der Waals surface area (Å²) in [6, 6.07) is 1.88. The van der Waals surface area contributed by atoms with E-state index in [4.69, 9.17) is 4.74 Å². The number of nitrogens with zero attached hydrogens (tertiary/aromatic N) is 2. The van der Waals surface area contributed by atoms with E-state index < -0.39 is 0 Å². The summed E-state index contributed by atoms with van der Waals surface area (Å²) in [5.41, 5.74) is 0. The van der Waals surface area contributed by atoms with Gasteiger partial charge in [0.25, 0.3) is 0 Å². The standard InChI is InChI=1S/C14H25N3O/c1-5-7-11(3)10-18-14-9-13(15-8-6-2)16-12(4)17-14/h9,11H,5-8,10H2,1-4H3,(H,15,16,17). The monoisotopic (exact) mass is 251 g/mol. The van der Waals surface area contributed by atoms with Crippen LogP contribution in [0.25, 0.3) is 0 Å². The van der Waals surface area contributed by atoms with Crippen LogP contribution in [-0.2, 0) is 0 Å². The van der Waals surface area contributed by atoms with Gasteiger partial charge >= 0.3 is 0 Å². The van der Waals surface area contributed by atoms with Crippen molar-refractivity contribution in [3.05, 3.63) is 11.9 Å². The van der Waals surface area contributed by atoms with Crippen molar-refractivity contribution in [1.29, 1.82) is 0 Å². The topological polar surface area (TPSA) is 47.0 Å². The highest BCUT2D eigenvalue weighted by atomic mass is 16.5. The van der Waals surface area contributed by atoms with E-state index in [0.29, 0.717) is 11.8 Å². The Morgan fingerprint density at radius 1 is 1.28 bits per heavy atom. The molecule has 1 atom stereocenters. The third-order valence-corrected chi connectivity index (χ3v) is 2.67. The van der Waals surface area contributed by atoms with E-state index in [0.717, 1.165) is 31.2 Å². The molecule has 18 heavy (non-hydrogen) atoms. The maximum Gasteiger partial charge on any atom is 0.218 e. The SMILES string of the molecule is CCCNc1cc(OCC(C)CCC)nc(C)n1. The lowest BCUT2D eigenvalue weighted by molar-refractivity contribution is 0.242. The van der Waals surface area contributed by atoms with Crippen molar-refractivity contribution >= 4 is 5.82 Å². The molecular formula is C14H25N3O. The summed E-state index contributed by atoms with van der Waals surface area (Å²) < 4.78 is 5.73. The second-order valence-corrected chi connectivity index (χ2v) is 4.77. The predicted molar refractivity (Wildman–Crippen MR) is 75.1 cm³/mol. The number of rotatable bonds is 8. The molecule has 0 fully saturated rings. The molecule has 0 saturated carbocycles. The molecule has 0 bridgehead atoms. The van der Waals surface area contributed by atoms with Crippen molar-refractivity contribution in [3.63, 3.8) is 0 Å². The zero-order valence-electron chi connectivity index (χ0n) is 12.0. The molecular weight excluding hydrogens is 226 g/mol. The van der Waals surface area contributed by atoms with Gasteiger partial charge in [0, 0.05) is 12.6 Å². The van der Waals surface area contributed by atoms with E-state index >= 15 is 0 Å². The number of aromatic nitrogens is 2. The predicted octanol–water partition coefficient (Wildman–Crippen LogP) is 3.42. The normalized spacial score (nSPS) is 12.2. The van der Waals surface area contributed by atoms with E-state index in [2.05, 4.69) is 36.1 Å². The third kappa shape index (κ3) is 5.34. The maximum absolute atomic E-state index is 5.73. The van der Waals surface area contributed by atoms with Gasteiger partial charge in [-0.1, -0.05) is 27.2 Å². The van der Waals surface area contributed by atoms with Crippen LogP contribution in [0.15, 0.2) is 6.07 Å². The van der Waals surface area contributed by atoms with E-state index in [-0.39, 0.29) is 0 Å². The van der Waals surface area contributed by atoms with Crippen LogP contribution in [0.5, 0.6) is 5.88 Å². The van der Waals surface area contributed by atoms with Crippen LogP contribution in [0.1, 0.15) is 45.9 Å². The van der Waals surface area contributed by atoms with Crippen molar-refractivity contribution in [2.24, 2.45) is 5.92 Å². The molecule has 4 nitrogen and oxygen atoms in total. The summed E-state index contributed by atoms with van der Waals surface area (Å²) in [7, 11) is 0. The van der Waals surface area contributed by atoms with Crippen molar-refractivity contribution in [2.45, 2.75) is 47.0 Å². The highest BCUT2D eigenvalue weighted by Crippen LogP contribution is 2.15. The minimum absolute atomic E-state index is 0.567. The molecule has 0 aliphatic heterocycles. The molecule has 4 heteroatoms. The minimum atomic E-state index is 0.567. The molecule has 1 aromatic rings. The Bertz CT molecular complexity index is 355. The van der Waals surface area contributed by atoms with Crippen molar-refractivity contribution in [2.75, 3.05) is 18.5 Å². The van der Waals surface area contributed by atoms with Gasteiger partial charge in [0.05, 0.1) is 6.61 Å². The van der Waals surface area contributed by atoms with E-state index in [1.807, 2.05) is 13.0 Å². The first-order chi connectivity index (χ1) is 8.65. The van der Waals surface area contributed by atoms with E-state index in [1.54, 1.807) is 0 Å². The Morgan fingerprint density at radius 3 is 2.72 bits per heavy atom.